The number of amides is 3. The normalized spacial score (nSPS) is 16.7. The number of halogens is 4. The largest absolute Gasteiger partial charge is 0.497 e. The number of alkyl halides is 3. The maximum absolute atomic E-state index is 13.3. The summed E-state index contributed by atoms with van der Waals surface area (Å²) >= 11 is 6.07. The summed E-state index contributed by atoms with van der Waals surface area (Å²) in [4.78, 5) is 51.8. The molecule has 0 spiro atoms. The van der Waals surface area contributed by atoms with E-state index in [1.807, 2.05) is 0 Å². The average Bonchev–Trinajstić information content (AvgIpc) is 3.45. The van der Waals surface area contributed by atoms with Gasteiger partial charge in [0.2, 0.25) is 11.8 Å². The average molecular weight is 614 g/mol. The molecule has 228 valence electrons. The predicted molar refractivity (Wildman–Crippen MR) is 144 cm³/mol. The summed E-state index contributed by atoms with van der Waals surface area (Å²) in [5.41, 5.74) is 0.474. The molecule has 42 heavy (non-hydrogen) atoms. The fourth-order valence-electron chi connectivity index (χ4n) is 4.20. The first-order valence-corrected chi connectivity index (χ1v) is 13.3. The fraction of sp³-hybridized carbons (Fsp3) is 0.429. The standard InChI is InChI=1S/C28H31ClF3N3O7/c1-15(2)21(23(36)28(30,31)32)34-25(38)22(17-8-10-20(40-4)11-9-17)35-24(37)16(3)33-26(39)27(41-12-13-42-27)18-6-5-7-19(29)14-18/h5-11,14-16,21-22H,12-13H2,1-4H3,(H,33,39)(H,34,38)(H,35,37)/t16-,21+,22+/m1/s1. The van der Waals surface area contributed by atoms with E-state index in [9.17, 15) is 32.3 Å². The lowest BCUT2D eigenvalue weighted by atomic mass is 9.97. The highest BCUT2D eigenvalue weighted by molar-refractivity contribution is 6.30. The van der Waals surface area contributed by atoms with E-state index >= 15 is 0 Å². The summed E-state index contributed by atoms with van der Waals surface area (Å²) in [6.45, 7) is 4.20. The molecule has 0 unspecified atom stereocenters. The molecule has 14 heteroatoms. The molecule has 0 radical (unpaired) electrons. The molecule has 3 amide bonds. The molecule has 1 saturated heterocycles. The lowest BCUT2D eigenvalue weighted by molar-refractivity contribution is -0.188. The smallest absolute Gasteiger partial charge is 0.452 e. The van der Waals surface area contributed by atoms with Crippen molar-refractivity contribution in [3.05, 3.63) is 64.7 Å². The van der Waals surface area contributed by atoms with Crippen LogP contribution in [0.5, 0.6) is 5.75 Å². The summed E-state index contributed by atoms with van der Waals surface area (Å²) in [6.07, 6.45) is -5.19. The molecule has 10 nitrogen and oxygen atoms in total. The van der Waals surface area contributed by atoms with Crippen molar-refractivity contribution in [3.8, 4) is 5.75 Å². The van der Waals surface area contributed by atoms with Gasteiger partial charge in [-0.2, -0.15) is 13.2 Å². The SMILES string of the molecule is COc1ccc([C@H](NC(=O)[C@@H](C)NC(=O)C2(c3cccc(Cl)c3)OCCO2)C(=O)N[C@H](C(=O)C(F)(F)F)C(C)C)cc1. The van der Waals surface area contributed by atoms with Gasteiger partial charge in [0.15, 0.2) is 0 Å². The van der Waals surface area contributed by atoms with Gasteiger partial charge in [-0.05, 0) is 42.7 Å². The number of ether oxygens (including phenoxy) is 3. The van der Waals surface area contributed by atoms with Gasteiger partial charge in [-0.15, -0.1) is 0 Å². The topological polar surface area (TPSA) is 132 Å². The second-order valence-corrected chi connectivity index (χ2v) is 10.3. The van der Waals surface area contributed by atoms with Crippen molar-refractivity contribution >= 4 is 35.1 Å². The predicted octanol–water partition coefficient (Wildman–Crippen LogP) is 3.18. The molecule has 2 aromatic carbocycles. The number of methoxy groups -OCH3 is 1. The summed E-state index contributed by atoms with van der Waals surface area (Å²) in [5.74, 6) is -7.25. The Kier molecular flexibility index (Phi) is 10.6. The van der Waals surface area contributed by atoms with E-state index in [1.54, 1.807) is 18.2 Å². The van der Waals surface area contributed by atoms with Gasteiger partial charge < -0.3 is 30.2 Å². The van der Waals surface area contributed by atoms with E-state index in [2.05, 4.69) is 16.0 Å². The van der Waals surface area contributed by atoms with Crippen LogP contribution in [-0.2, 0) is 34.4 Å². The monoisotopic (exact) mass is 613 g/mol. The van der Waals surface area contributed by atoms with Crippen molar-refractivity contribution in [1.29, 1.82) is 0 Å². The molecule has 0 bridgehead atoms. The molecule has 0 saturated carbocycles. The van der Waals surface area contributed by atoms with Crippen LogP contribution in [0.2, 0.25) is 5.02 Å². The van der Waals surface area contributed by atoms with Crippen molar-refractivity contribution in [2.24, 2.45) is 5.92 Å². The van der Waals surface area contributed by atoms with Gasteiger partial charge in [-0.25, -0.2) is 0 Å². The quantitative estimate of drug-likeness (QED) is 0.355. The number of nitrogens with one attached hydrogen (secondary N) is 3. The highest BCUT2D eigenvalue weighted by atomic mass is 35.5. The maximum Gasteiger partial charge on any atom is 0.452 e. The Morgan fingerprint density at radius 2 is 1.55 bits per heavy atom. The third kappa shape index (κ3) is 7.58. The van der Waals surface area contributed by atoms with Crippen molar-refractivity contribution in [2.75, 3.05) is 20.3 Å². The Labute approximate surface area is 245 Å². The zero-order valence-corrected chi connectivity index (χ0v) is 24.0. The molecule has 3 N–H and O–H groups in total. The van der Waals surface area contributed by atoms with Crippen LogP contribution in [0, 0.1) is 5.92 Å². The second-order valence-electron chi connectivity index (χ2n) is 9.83. The zero-order chi connectivity index (χ0) is 31.2. The van der Waals surface area contributed by atoms with E-state index in [1.165, 1.54) is 58.2 Å². The van der Waals surface area contributed by atoms with Crippen molar-refractivity contribution in [2.45, 2.75) is 50.9 Å². The molecule has 1 fully saturated rings. The van der Waals surface area contributed by atoms with Crippen LogP contribution in [0.1, 0.15) is 37.9 Å². The van der Waals surface area contributed by atoms with Gasteiger partial charge in [0.1, 0.15) is 17.8 Å². The Bertz CT molecular complexity index is 1300. The van der Waals surface area contributed by atoms with Crippen LogP contribution < -0.4 is 20.7 Å². The molecular weight excluding hydrogens is 583 g/mol. The lowest BCUT2D eigenvalue weighted by Crippen LogP contribution is -2.56. The molecule has 3 atom stereocenters. The fourth-order valence-corrected chi connectivity index (χ4v) is 4.39. The Morgan fingerprint density at radius 1 is 0.929 bits per heavy atom. The molecule has 2 aromatic rings. The van der Waals surface area contributed by atoms with Crippen LogP contribution in [0.4, 0.5) is 13.2 Å². The summed E-state index contributed by atoms with van der Waals surface area (Å²) in [6, 6.07) is 7.36. The first-order valence-electron chi connectivity index (χ1n) is 12.9. The van der Waals surface area contributed by atoms with Gasteiger partial charge in [-0.3, -0.25) is 19.2 Å². The van der Waals surface area contributed by atoms with Crippen molar-refractivity contribution in [1.82, 2.24) is 16.0 Å². The van der Waals surface area contributed by atoms with Crippen LogP contribution in [0.3, 0.4) is 0 Å². The number of hydrogen-bond donors (Lipinski definition) is 3. The van der Waals surface area contributed by atoms with Gasteiger partial charge in [0.05, 0.1) is 26.4 Å². The number of hydrogen-bond acceptors (Lipinski definition) is 7. The minimum Gasteiger partial charge on any atom is -0.497 e. The van der Waals surface area contributed by atoms with Crippen LogP contribution in [-0.4, -0.2) is 62.1 Å². The number of ketones is 1. The van der Waals surface area contributed by atoms with Crippen molar-refractivity contribution in [3.63, 3.8) is 0 Å². The second kappa shape index (κ2) is 13.5. The minimum atomic E-state index is -5.19. The highest BCUT2D eigenvalue weighted by Crippen LogP contribution is 2.33. The first-order chi connectivity index (χ1) is 19.7. The van der Waals surface area contributed by atoms with Gasteiger partial charge in [0.25, 0.3) is 17.5 Å². The molecule has 3 rings (SSSR count). The van der Waals surface area contributed by atoms with Crippen LogP contribution in [0.25, 0.3) is 0 Å². The van der Waals surface area contributed by atoms with Gasteiger partial charge >= 0.3 is 6.18 Å². The van der Waals surface area contributed by atoms with Crippen LogP contribution >= 0.6 is 11.6 Å². The van der Waals surface area contributed by atoms with Crippen LogP contribution in [0.15, 0.2) is 48.5 Å². The van der Waals surface area contributed by atoms with E-state index in [-0.39, 0.29) is 18.8 Å². The van der Waals surface area contributed by atoms with E-state index in [0.29, 0.717) is 16.3 Å². The molecule has 1 aliphatic rings. The zero-order valence-electron chi connectivity index (χ0n) is 23.2. The lowest BCUT2D eigenvalue weighted by Gasteiger charge is -2.29. The summed E-state index contributed by atoms with van der Waals surface area (Å²) < 4.78 is 56.0. The maximum atomic E-state index is 13.3. The van der Waals surface area contributed by atoms with Gasteiger partial charge in [0, 0.05) is 10.6 Å². The number of carbonyl (C=O) groups excluding carboxylic acids is 4. The highest BCUT2D eigenvalue weighted by Gasteiger charge is 2.48. The molecule has 0 aromatic heterocycles. The third-order valence-corrected chi connectivity index (χ3v) is 6.70. The molecule has 1 aliphatic heterocycles. The van der Waals surface area contributed by atoms with E-state index in [0.717, 1.165) is 0 Å². The van der Waals surface area contributed by atoms with E-state index in [4.69, 9.17) is 25.8 Å². The molecular formula is C28H31ClF3N3O7. The Hall–Kier alpha value is -3.68. The van der Waals surface area contributed by atoms with Crippen molar-refractivity contribution < 1.29 is 46.6 Å². The Balaban J connectivity index is 1.84. The number of Topliss-reactive ketones (excluding diaryl/α,β-unsaturated/α-hetero) is 1. The van der Waals surface area contributed by atoms with E-state index < -0.39 is 59.5 Å². The first kappa shape index (κ1) is 32.8. The third-order valence-electron chi connectivity index (χ3n) is 6.46. The molecule has 1 heterocycles. The number of carbonyl (C=O) groups is 4. The Morgan fingerprint density at radius 3 is 2.07 bits per heavy atom. The van der Waals surface area contributed by atoms with Gasteiger partial charge in [-0.1, -0.05) is 49.7 Å². The summed E-state index contributed by atoms with van der Waals surface area (Å²) in [7, 11) is 1.41. The minimum absolute atomic E-state index is 0.0912. The summed E-state index contributed by atoms with van der Waals surface area (Å²) in [5, 5.41) is 7.38. The molecule has 0 aliphatic carbocycles. The number of benzene rings is 2. The number of rotatable bonds is 11.